The normalized spacial score (nSPS) is 21.1. The van der Waals surface area contributed by atoms with E-state index in [-0.39, 0.29) is 29.3 Å². The quantitative estimate of drug-likeness (QED) is 0.635. The van der Waals surface area contributed by atoms with Crippen molar-refractivity contribution in [1.29, 1.82) is 0 Å². The van der Waals surface area contributed by atoms with Crippen LogP contribution in [0.2, 0.25) is 5.02 Å². The van der Waals surface area contributed by atoms with E-state index in [2.05, 4.69) is 5.10 Å². The smallest absolute Gasteiger partial charge is 0.313 e. The van der Waals surface area contributed by atoms with Gasteiger partial charge in [-0.05, 0) is 30.2 Å². The molecule has 0 radical (unpaired) electrons. The summed E-state index contributed by atoms with van der Waals surface area (Å²) in [5, 5.41) is 17.3. The predicted molar refractivity (Wildman–Crippen MR) is 130 cm³/mol. The molecule has 4 rings (SSSR count). The number of carbonyl (C=O) groups excluding carboxylic acids is 2. The van der Waals surface area contributed by atoms with E-state index in [1.54, 1.807) is 23.8 Å². The maximum Gasteiger partial charge on any atom is 0.313 e. The van der Waals surface area contributed by atoms with E-state index in [9.17, 15) is 14.7 Å². The molecule has 1 fully saturated rings. The molecule has 34 heavy (non-hydrogen) atoms. The van der Waals surface area contributed by atoms with E-state index in [1.807, 2.05) is 61.5 Å². The molecule has 2 aromatic rings. The number of hydrogen-bond acceptors (Lipinski definition) is 6. The summed E-state index contributed by atoms with van der Waals surface area (Å²) < 4.78 is 5.55. The molecule has 0 saturated carbocycles. The van der Waals surface area contributed by atoms with Gasteiger partial charge in [-0.1, -0.05) is 67.9 Å². The summed E-state index contributed by atoms with van der Waals surface area (Å²) >= 11 is 6.35. The van der Waals surface area contributed by atoms with Crippen LogP contribution in [0.5, 0.6) is 0 Å². The number of benzene rings is 2. The lowest BCUT2D eigenvalue weighted by Crippen LogP contribution is -2.57. The Morgan fingerprint density at radius 2 is 1.88 bits per heavy atom. The molecule has 3 unspecified atom stereocenters. The van der Waals surface area contributed by atoms with Crippen molar-refractivity contribution in [2.24, 2.45) is 11.0 Å². The van der Waals surface area contributed by atoms with Gasteiger partial charge in [0.25, 0.3) is 5.91 Å². The van der Waals surface area contributed by atoms with Crippen molar-refractivity contribution in [2.75, 3.05) is 13.1 Å². The molecule has 3 atom stereocenters. The molecule has 1 N–H and O–H groups in total. The van der Waals surface area contributed by atoms with Crippen LogP contribution in [0.25, 0.3) is 0 Å². The molecule has 2 aliphatic heterocycles. The highest BCUT2D eigenvalue weighted by atomic mass is 35.5. The molecular formula is C26H28ClN3O4. The number of aliphatic hydroxyl groups excluding tert-OH is 1. The predicted octanol–water partition coefficient (Wildman–Crippen LogP) is 3.78. The second-order valence-electron chi connectivity index (χ2n) is 8.70. The first-order valence-electron chi connectivity index (χ1n) is 11.4. The van der Waals surface area contributed by atoms with Gasteiger partial charge in [0.05, 0.1) is 18.2 Å². The molecule has 2 heterocycles. The zero-order chi connectivity index (χ0) is 24.4. The van der Waals surface area contributed by atoms with Crippen LogP contribution in [-0.2, 0) is 14.3 Å². The van der Waals surface area contributed by atoms with Crippen LogP contribution in [0.1, 0.15) is 37.8 Å². The van der Waals surface area contributed by atoms with Crippen molar-refractivity contribution in [1.82, 2.24) is 9.91 Å². The molecule has 1 saturated heterocycles. The number of hydrazone groups is 1. The van der Waals surface area contributed by atoms with Gasteiger partial charge in [0.1, 0.15) is 0 Å². The third-order valence-corrected chi connectivity index (χ3v) is 6.32. The minimum Gasteiger partial charge on any atom is -0.425 e. The average molecular weight is 482 g/mol. The Balaban J connectivity index is 1.87. The molecule has 178 valence electrons. The summed E-state index contributed by atoms with van der Waals surface area (Å²) in [6, 6.07) is 17.3. The lowest BCUT2D eigenvalue weighted by atomic mass is 9.83. The third kappa shape index (κ3) is 4.58. The summed E-state index contributed by atoms with van der Waals surface area (Å²) in [7, 11) is 0. The Hall–Kier alpha value is -3.16. The highest BCUT2D eigenvalue weighted by Gasteiger charge is 2.45. The summed E-state index contributed by atoms with van der Waals surface area (Å²) in [4.78, 5) is 27.5. The van der Waals surface area contributed by atoms with E-state index < -0.39 is 18.0 Å². The summed E-state index contributed by atoms with van der Waals surface area (Å²) in [5.41, 5.74) is 2.09. The topological polar surface area (TPSA) is 82.4 Å². The fourth-order valence-corrected chi connectivity index (χ4v) is 4.55. The number of esters is 1. The van der Waals surface area contributed by atoms with Crippen LogP contribution in [0, 0.1) is 5.92 Å². The Bertz CT molecular complexity index is 1130. The molecule has 0 bridgehead atoms. The second kappa shape index (κ2) is 9.99. The number of nitrogens with zero attached hydrogens (tertiary/aromatic N) is 3. The van der Waals surface area contributed by atoms with Crippen molar-refractivity contribution in [3.05, 3.63) is 82.2 Å². The van der Waals surface area contributed by atoms with Gasteiger partial charge >= 0.3 is 5.97 Å². The summed E-state index contributed by atoms with van der Waals surface area (Å²) in [6.07, 6.45) is 0.00523. The Morgan fingerprint density at radius 3 is 2.53 bits per heavy atom. The lowest BCUT2D eigenvalue weighted by Gasteiger charge is -2.45. The number of hydrogen-bond donors (Lipinski definition) is 1. The fraction of sp³-hybridized carbons (Fsp3) is 0.346. The van der Waals surface area contributed by atoms with Crippen LogP contribution in [0.15, 0.2) is 71.2 Å². The standard InChI is InChI=1S/C26H28ClN3O4/c1-4-29-15-20(22(17-9-6-5-7-10-17)18-11-8-12-19(27)13-18)30-23(25(29)32)24(21(31)14-28-30)34-26(33)16(2)3/h5-14,16,20-22,31H,4,15H2,1-3H3. The number of likely N-dealkylation sites (N-methyl/N-ethyl adjacent to an activating group) is 1. The fourth-order valence-electron chi connectivity index (χ4n) is 4.36. The Morgan fingerprint density at radius 1 is 1.18 bits per heavy atom. The van der Waals surface area contributed by atoms with Gasteiger partial charge in [-0.25, -0.2) is 0 Å². The number of fused-ring (bicyclic) bond motifs is 1. The van der Waals surface area contributed by atoms with Gasteiger partial charge in [0.15, 0.2) is 17.6 Å². The SMILES string of the molecule is CCN1CC(C(c2ccccc2)c2cccc(Cl)c2)N2N=CC(O)C(OC(=O)C(C)C)=C2C1=O. The van der Waals surface area contributed by atoms with Crippen molar-refractivity contribution in [3.8, 4) is 0 Å². The van der Waals surface area contributed by atoms with Crippen molar-refractivity contribution in [2.45, 2.75) is 38.8 Å². The van der Waals surface area contributed by atoms with Gasteiger partial charge in [-0.15, -0.1) is 0 Å². The summed E-state index contributed by atoms with van der Waals surface area (Å²) in [5.74, 6) is -1.57. The van der Waals surface area contributed by atoms with Gasteiger partial charge < -0.3 is 14.7 Å². The van der Waals surface area contributed by atoms with E-state index in [4.69, 9.17) is 16.3 Å². The minimum absolute atomic E-state index is 0.0836. The largest absolute Gasteiger partial charge is 0.425 e. The number of ether oxygens (including phenoxy) is 1. The zero-order valence-electron chi connectivity index (χ0n) is 19.4. The average Bonchev–Trinajstić information content (AvgIpc) is 2.82. The maximum atomic E-state index is 13.4. The van der Waals surface area contributed by atoms with E-state index in [1.165, 1.54) is 6.21 Å². The Kier molecular flexibility index (Phi) is 7.05. The van der Waals surface area contributed by atoms with Crippen molar-refractivity contribution in [3.63, 3.8) is 0 Å². The number of rotatable bonds is 6. The molecule has 1 amide bonds. The van der Waals surface area contributed by atoms with Crippen LogP contribution < -0.4 is 0 Å². The van der Waals surface area contributed by atoms with E-state index in [0.29, 0.717) is 18.1 Å². The molecule has 8 heteroatoms. The van der Waals surface area contributed by atoms with Crippen molar-refractivity contribution < 1.29 is 19.4 Å². The molecule has 0 spiro atoms. The molecule has 2 aliphatic rings. The van der Waals surface area contributed by atoms with Crippen LogP contribution in [0.3, 0.4) is 0 Å². The number of aliphatic hydroxyl groups is 1. The first-order valence-corrected chi connectivity index (χ1v) is 11.8. The molecule has 7 nitrogen and oxygen atoms in total. The van der Waals surface area contributed by atoms with E-state index >= 15 is 0 Å². The first-order chi connectivity index (χ1) is 16.3. The molecular weight excluding hydrogens is 454 g/mol. The molecule has 0 aromatic heterocycles. The van der Waals surface area contributed by atoms with Gasteiger partial charge in [0, 0.05) is 24.0 Å². The number of piperazine rings is 1. The second-order valence-corrected chi connectivity index (χ2v) is 9.13. The first kappa shape index (κ1) is 24.0. The summed E-state index contributed by atoms with van der Waals surface area (Å²) in [6.45, 7) is 6.13. The van der Waals surface area contributed by atoms with Crippen molar-refractivity contribution >= 4 is 29.7 Å². The van der Waals surface area contributed by atoms with Gasteiger partial charge in [-0.2, -0.15) is 5.10 Å². The van der Waals surface area contributed by atoms with E-state index in [0.717, 1.165) is 11.1 Å². The van der Waals surface area contributed by atoms with Crippen LogP contribution in [-0.4, -0.2) is 58.3 Å². The Labute approximate surface area is 204 Å². The number of halogens is 1. The highest BCUT2D eigenvalue weighted by Crippen LogP contribution is 2.39. The molecule has 2 aromatic carbocycles. The number of carbonyl (C=O) groups is 2. The van der Waals surface area contributed by atoms with Crippen LogP contribution in [0.4, 0.5) is 0 Å². The maximum absolute atomic E-state index is 13.4. The lowest BCUT2D eigenvalue weighted by molar-refractivity contribution is -0.145. The minimum atomic E-state index is -1.29. The molecule has 0 aliphatic carbocycles. The highest BCUT2D eigenvalue weighted by molar-refractivity contribution is 6.30. The third-order valence-electron chi connectivity index (χ3n) is 6.09. The van der Waals surface area contributed by atoms with Gasteiger partial charge in [0.2, 0.25) is 0 Å². The van der Waals surface area contributed by atoms with Crippen LogP contribution >= 0.6 is 11.6 Å². The monoisotopic (exact) mass is 481 g/mol. The van der Waals surface area contributed by atoms with Gasteiger partial charge in [-0.3, -0.25) is 14.6 Å². The number of amides is 1. The zero-order valence-corrected chi connectivity index (χ0v) is 20.1.